The van der Waals surface area contributed by atoms with E-state index in [0.717, 1.165) is 0 Å². The molecule has 1 aromatic carbocycles. The average molecular weight is 150 g/mol. The molecule has 55 valence electrons. The van der Waals surface area contributed by atoms with E-state index in [9.17, 15) is 4.39 Å². The first-order valence-electron chi connectivity index (χ1n) is 3.20. The van der Waals surface area contributed by atoms with E-state index in [-0.39, 0.29) is 11.3 Å². The molecular formula is C8H5FNO. The standard InChI is InChI=1S/C8H5FNO/c1-5-10-8-6(9)3-2-4-7(8)11-5/h3-4H,1H3. The summed E-state index contributed by atoms with van der Waals surface area (Å²) in [6.07, 6.45) is 0. The molecule has 0 unspecified atom stereocenters. The zero-order valence-corrected chi connectivity index (χ0v) is 5.89. The molecule has 1 radical (unpaired) electrons. The van der Waals surface area contributed by atoms with Gasteiger partial charge in [-0.2, -0.15) is 0 Å². The van der Waals surface area contributed by atoms with E-state index in [1.54, 1.807) is 13.0 Å². The highest BCUT2D eigenvalue weighted by Crippen LogP contribution is 2.16. The number of nitrogens with zero attached hydrogens (tertiary/aromatic N) is 1. The Kier molecular flexibility index (Phi) is 1.18. The molecule has 2 aromatic rings. The van der Waals surface area contributed by atoms with Crippen molar-refractivity contribution in [2.75, 3.05) is 0 Å². The second kappa shape index (κ2) is 2.05. The van der Waals surface area contributed by atoms with Crippen molar-refractivity contribution in [2.45, 2.75) is 6.92 Å². The van der Waals surface area contributed by atoms with Gasteiger partial charge < -0.3 is 4.42 Å². The van der Waals surface area contributed by atoms with Crippen LogP contribution in [0, 0.1) is 18.8 Å². The van der Waals surface area contributed by atoms with Crippen LogP contribution >= 0.6 is 0 Å². The summed E-state index contributed by atoms with van der Waals surface area (Å²) in [5.41, 5.74) is 0.726. The molecular weight excluding hydrogens is 145 g/mol. The lowest BCUT2D eigenvalue weighted by Crippen LogP contribution is -1.75. The van der Waals surface area contributed by atoms with Gasteiger partial charge in [-0.15, -0.1) is 0 Å². The zero-order chi connectivity index (χ0) is 7.84. The van der Waals surface area contributed by atoms with E-state index in [2.05, 4.69) is 11.1 Å². The molecule has 11 heavy (non-hydrogen) atoms. The molecule has 0 atom stereocenters. The van der Waals surface area contributed by atoms with Gasteiger partial charge >= 0.3 is 0 Å². The van der Waals surface area contributed by atoms with Gasteiger partial charge in [0.2, 0.25) is 0 Å². The topological polar surface area (TPSA) is 26.0 Å². The van der Waals surface area contributed by atoms with Gasteiger partial charge in [0.05, 0.1) is 0 Å². The minimum atomic E-state index is -0.389. The number of benzene rings is 1. The van der Waals surface area contributed by atoms with Crippen LogP contribution in [-0.2, 0) is 0 Å². The van der Waals surface area contributed by atoms with Crippen molar-refractivity contribution in [1.82, 2.24) is 4.98 Å². The van der Waals surface area contributed by atoms with Crippen LogP contribution in [0.15, 0.2) is 16.5 Å². The van der Waals surface area contributed by atoms with Crippen LogP contribution in [0.3, 0.4) is 0 Å². The number of aromatic nitrogens is 1. The van der Waals surface area contributed by atoms with E-state index in [1.807, 2.05) is 0 Å². The molecule has 0 aliphatic heterocycles. The Bertz CT molecular complexity index is 394. The Hall–Kier alpha value is -1.38. The molecule has 1 heterocycles. The number of fused-ring (bicyclic) bond motifs is 1. The number of aryl methyl sites for hydroxylation is 1. The lowest BCUT2D eigenvalue weighted by molar-refractivity contribution is 0.561. The van der Waals surface area contributed by atoms with Crippen molar-refractivity contribution in [3.8, 4) is 0 Å². The fourth-order valence-electron chi connectivity index (χ4n) is 0.971. The first-order valence-corrected chi connectivity index (χ1v) is 3.20. The van der Waals surface area contributed by atoms with E-state index in [0.29, 0.717) is 11.5 Å². The summed E-state index contributed by atoms with van der Waals surface area (Å²) in [4.78, 5) is 3.85. The lowest BCUT2D eigenvalue weighted by Gasteiger charge is -1.84. The average Bonchev–Trinajstić information content (AvgIpc) is 2.31. The molecule has 0 fully saturated rings. The van der Waals surface area contributed by atoms with E-state index >= 15 is 0 Å². The Morgan fingerprint density at radius 1 is 1.55 bits per heavy atom. The van der Waals surface area contributed by atoms with Crippen LogP contribution in [0.1, 0.15) is 5.89 Å². The lowest BCUT2D eigenvalue weighted by atomic mass is 10.3. The normalized spacial score (nSPS) is 10.7. The minimum Gasteiger partial charge on any atom is -0.441 e. The molecule has 2 rings (SSSR count). The van der Waals surface area contributed by atoms with Gasteiger partial charge in [0.1, 0.15) is 5.52 Å². The van der Waals surface area contributed by atoms with Gasteiger partial charge in [0, 0.05) is 6.92 Å². The largest absolute Gasteiger partial charge is 0.441 e. The molecule has 2 nitrogen and oxygen atoms in total. The number of hydrogen-bond donors (Lipinski definition) is 0. The Labute approximate surface area is 62.7 Å². The van der Waals surface area contributed by atoms with E-state index in [4.69, 9.17) is 4.42 Å². The SMILES string of the molecule is Cc1nc2c(F)c[c]cc2o1. The number of oxazole rings is 1. The summed E-state index contributed by atoms with van der Waals surface area (Å²) in [7, 11) is 0. The van der Waals surface area contributed by atoms with Crippen LogP contribution in [0.5, 0.6) is 0 Å². The highest BCUT2D eigenvalue weighted by atomic mass is 19.1. The summed E-state index contributed by atoms with van der Waals surface area (Å²) in [5.74, 6) is 0.0813. The quantitative estimate of drug-likeness (QED) is 0.574. The molecule has 0 bridgehead atoms. The first-order chi connectivity index (χ1) is 5.27. The second-order valence-corrected chi connectivity index (χ2v) is 2.25. The van der Waals surface area contributed by atoms with Crippen LogP contribution < -0.4 is 0 Å². The van der Waals surface area contributed by atoms with Crippen LogP contribution in [0.2, 0.25) is 0 Å². The van der Waals surface area contributed by atoms with Crippen molar-refractivity contribution in [3.05, 3.63) is 29.9 Å². The molecule has 1 aromatic heterocycles. The van der Waals surface area contributed by atoms with Gasteiger partial charge in [0.25, 0.3) is 0 Å². The summed E-state index contributed by atoms with van der Waals surface area (Å²) < 4.78 is 17.9. The van der Waals surface area contributed by atoms with Gasteiger partial charge in [-0.3, -0.25) is 0 Å². The van der Waals surface area contributed by atoms with Crippen molar-refractivity contribution in [1.29, 1.82) is 0 Å². The molecule has 0 N–H and O–H groups in total. The summed E-state index contributed by atoms with van der Waals surface area (Å²) in [6, 6.07) is 5.42. The van der Waals surface area contributed by atoms with Crippen LogP contribution in [0.4, 0.5) is 4.39 Å². The Morgan fingerprint density at radius 2 is 2.36 bits per heavy atom. The van der Waals surface area contributed by atoms with E-state index in [1.165, 1.54) is 6.07 Å². The van der Waals surface area contributed by atoms with Gasteiger partial charge in [-0.1, -0.05) is 0 Å². The summed E-state index contributed by atoms with van der Waals surface area (Å²) in [5, 5.41) is 0. The fourth-order valence-corrected chi connectivity index (χ4v) is 0.971. The van der Waals surface area contributed by atoms with Crippen molar-refractivity contribution >= 4 is 11.1 Å². The molecule has 0 aliphatic rings. The van der Waals surface area contributed by atoms with Crippen LogP contribution in [-0.4, -0.2) is 4.98 Å². The zero-order valence-electron chi connectivity index (χ0n) is 5.89. The third-order valence-electron chi connectivity index (χ3n) is 1.41. The Morgan fingerprint density at radius 3 is 3.09 bits per heavy atom. The maximum atomic E-state index is 12.8. The van der Waals surface area contributed by atoms with Crippen LogP contribution in [0.25, 0.3) is 11.1 Å². The predicted octanol–water partition coefficient (Wildman–Crippen LogP) is 2.08. The third-order valence-corrected chi connectivity index (χ3v) is 1.41. The number of hydrogen-bond acceptors (Lipinski definition) is 2. The Balaban J connectivity index is 2.90. The predicted molar refractivity (Wildman–Crippen MR) is 37.5 cm³/mol. The first kappa shape index (κ1) is 6.34. The molecule has 0 amide bonds. The van der Waals surface area contributed by atoms with Crippen molar-refractivity contribution < 1.29 is 8.81 Å². The van der Waals surface area contributed by atoms with Crippen molar-refractivity contribution in [3.63, 3.8) is 0 Å². The highest BCUT2D eigenvalue weighted by Gasteiger charge is 2.05. The van der Waals surface area contributed by atoms with Gasteiger partial charge in [-0.05, 0) is 18.2 Å². The molecule has 0 spiro atoms. The molecule has 3 heteroatoms. The minimum absolute atomic E-state index is 0.279. The molecule has 0 aliphatic carbocycles. The second-order valence-electron chi connectivity index (χ2n) is 2.25. The smallest absolute Gasteiger partial charge is 0.192 e. The highest BCUT2D eigenvalue weighted by molar-refractivity contribution is 5.72. The number of halogens is 1. The third kappa shape index (κ3) is 0.888. The van der Waals surface area contributed by atoms with Gasteiger partial charge in [-0.25, -0.2) is 9.37 Å². The van der Waals surface area contributed by atoms with E-state index < -0.39 is 0 Å². The molecule has 0 saturated carbocycles. The maximum absolute atomic E-state index is 12.8. The number of rotatable bonds is 0. The van der Waals surface area contributed by atoms with Gasteiger partial charge in [0.15, 0.2) is 17.3 Å². The maximum Gasteiger partial charge on any atom is 0.192 e. The summed E-state index contributed by atoms with van der Waals surface area (Å²) >= 11 is 0. The molecule has 0 saturated heterocycles. The fraction of sp³-hybridized carbons (Fsp3) is 0.125. The van der Waals surface area contributed by atoms with Crippen molar-refractivity contribution in [2.24, 2.45) is 0 Å². The monoisotopic (exact) mass is 150 g/mol. The summed E-state index contributed by atoms with van der Waals surface area (Å²) in [6.45, 7) is 1.68.